The number of hydrogen-bond donors (Lipinski definition) is 2. The van der Waals surface area contributed by atoms with Crippen LogP contribution in [0.15, 0.2) is 58.6 Å². The lowest BCUT2D eigenvalue weighted by atomic mass is 10.2. The van der Waals surface area contributed by atoms with Gasteiger partial charge in [0.05, 0.1) is 28.1 Å². The van der Waals surface area contributed by atoms with Gasteiger partial charge in [-0.3, -0.25) is 10.2 Å². The molecule has 0 atom stereocenters. The number of hydrogen-bond acceptors (Lipinski definition) is 5. The fraction of sp³-hybridized carbons (Fsp3) is 0. The zero-order valence-electron chi connectivity index (χ0n) is 13.0. The zero-order valence-corrected chi connectivity index (χ0v) is 15.3. The van der Waals surface area contributed by atoms with Gasteiger partial charge >= 0.3 is 0 Å². The van der Waals surface area contributed by atoms with Crippen LogP contribution in [0, 0.1) is 0 Å². The van der Waals surface area contributed by atoms with Gasteiger partial charge in [0, 0.05) is 0 Å². The molecule has 0 saturated carbocycles. The maximum Gasteiger partial charge on any atom is 0.292 e. The Hall–Kier alpha value is -2.54. The summed E-state index contributed by atoms with van der Waals surface area (Å²) in [7, 11) is 0. The fourth-order valence-electron chi connectivity index (χ4n) is 2.10. The quantitative estimate of drug-likeness (QED) is 0.496. The van der Waals surface area contributed by atoms with Crippen LogP contribution in [0.3, 0.4) is 0 Å². The number of aromatic nitrogens is 2. The first-order valence-corrected chi connectivity index (χ1v) is 8.41. The van der Waals surface area contributed by atoms with E-state index in [9.17, 15) is 9.90 Å². The Labute approximate surface area is 163 Å². The van der Waals surface area contributed by atoms with Gasteiger partial charge in [-0.25, -0.2) is 0 Å². The van der Waals surface area contributed by atoms with Crippen molar-refractivity contribution in [3.8, 4) is 11.4 Å². The van der Waals surface area contributed by atoms with Crippen molar-refractivity contribution < 1.29 is 5.11 Å². The molecule has 1 aromatic heterocycles. The van der Waals surface area contributed by atoms with Crippen molar-refractivity contribution in [3.05, 3.63) is 79.6 Å². The van der Waals surface area contributed by atoms with Gasteiger partial charge in [0.1, 0.15) is 10.7 Å². The molecule has 0 aliphatic rings. The van der Waals surface area contributed by atoms with Crippen LogP contribution in [0.5, 0.6) is 5.75 Å². The van der Waals surface area contributed by atoms with Gasteiger partial charge in [0.2, 0.25) is 0 Å². The number of benzene rings is 2. The Morgan fingerprint density at radius 1 is 1.12 bits per heavy atom. The van der Waals surface area contributed by atoms with Crippen LogP contribution in [0.2, 0.25) is 15.1 Å². The molecule has 2 N–H and O–H groups in total. The molecule has 0 unspecified atom stereocenters. The number of hydrazone groups is 1. The molecule has 0 aliphatic carbocycles. The van der Waals surface area contributed by atoms with Gasteiger partial charge < -0.3 is 5.11 Å². The first-order chi connectivity index (χ1) is 12.5. The van der Waals surface area contributed by atoms with E-state index in [1.807, 2.05) is 6.07 Å². The van der Waals surface area contributed by atoms with Crippen LogP contribution in [-0.4, -0.2) is 21.1 Å². The van der Waals surface area contributed by atoms with Crippen LogP contribution in [0.1, 0.15) is 5.56 Å². The minimum atomic E-state index is -0.478. The highest BCUT2D eigenvalue weighted by atomic mass is 35.5. The summed E-state index contributed by atoms with van der Waals surface area (Å²) >= 11 is 17.8. The van der Waals surface area contributed by atoms with Gasteiger partial charge in [-0.05, 0) is 29.8 Å². The van der Waals surface area contributed by atoms with Crippen LogP contribution in [-0.2, 0) is 0 Å². The number of anilines is 1. The predicted molar refractivity (Wildman–Crippen MR) is 104 cm³/mol. The molecule has 9 heteroatoms. The highest BCUT2D eigenvalue weighted by Gasteiger charge is 2.10. The molecule has 0 aliphatic heterocycles. The zero-order chi connectivity index (χ0) is 18.7. The molecule has 0 fully saturated rings. The van der Waals surface area contributed by atoms with Crippen LogP contribution < -0.4 is 11.0 Å². The van der Waals surface area contributed by atoms with Gasteiger partial charge in [0.15, 0.2) is 5.75 Å². The lowest BCUT2D eigenvalue weighted by molar-refractivity contribution is 0.476. The Balaban J connectivity index is 1.83. The summed E-state index contributed by atoms with van der Waals surface area (Å²) < 4.78 is 1.19. The first kappa shape index (κ1) is 18.3. The van der Waals surface area contributed by atoms with Crippen molar-refractivity contribution in [2.24, 2.45) is 5.10 Å². The number of para-hydroxylation sites is 1. The summed E-state index contributed by atoms with van der Waals surface area (Å²) in [6.45, 7) is 0. The summed E-state index contributed by atoms with van der Waals surface area (Å²) in [5.74, 6) is -0.199. The number of halogens is 3. The minimum Gasteiger partial charge on any atom is -0.505 e. The average Bonchev–Trinajstić information content (AvgIpc) is 2.64. The number of phenols is 1. The number of nitrogens with zero attached hydrogens (tertiary/aromatic N) is 3. The lowest BCUT2D eigenvalue weighted by Crippen LogP contribution is -2.22. The monoisotopic (exact) mass is 408 g/mol. The van der Waals surface area contributed by atoms with Crippen LogP contribution in [0.25, 0.3) is 5.69 Å². The third-order valence-electron chi connectivity index (χ3n) is 3.36. The first-order valence-electron chi connectivity index (χ1n) is 7.27. The Morgan fingerprint density at radius 2 is 1.77 bits per heavy atom. The summed E-state index contributed by atoms with van der Waals surface area (Å²) in [6.07, 6.45) is 2.81. The number of rotatable bonds is 4. The fourth-order valence-corrected chi connectivity index (χ4v) is 2.77. The normalized spacial score (nSPS) is 11.0. The third-order valence-corrected chi connectivity index (χ3v) is 4.30. The van der Waals surface area contributed by atoms with Crippen LogP contribution >= 0.6 is 34.8 Å². The lowest BCUT2D eigenvalue weighted by Gasteiger charge is -2.07. The van der Waals surface area contributed by atoms with Crippen molar-refractivity contribution in [1.29, 1.82) is 0 Å². The molecule has 6 nitrogen and oxygen atoms in total. The van der Waals surface area contributed by atoms with E-state index in [4.69, 9.17) is 34.8 Å². The van der Waals surface area contributed by atoms with E-state index < -0.39 is 5.56 Å². The summed E-state index contributed by atoms with van der Waals surface area (Å²) in [6, 6.07) is 11.9. The van der Waals surface area contributed by atoms with Crippen molar-refractivity contribution in [2.45, 2.75) is 0 Å². The molecular formula is C17H11Cl3N4O2. The molecule has 0 amide bonds. The van der Waals surface area contributed by atoms with Crippen molar-refractivity contribution in [2.75, 3.05) is 5.43 Å². The smallest absolute Gasteiger partial charge is 0.292 e. The van der Waals surface area contributed by atoms with E-state index in [0.717, 1.165) is 0 Å². The maximum atomic E-state index is 12.4. The molecule has 3 rings (SSSR count). The highest BCUT2D eigenvalue weighted by Crippen LogP contribution is 2.32. The van der Waals surface area contributed by atoms with E-state index >= 15 is 0 Å². The molecule has 0 radical (unpaired) electrons. The molecule has 0 saturated heterocycles. The molecular weight excluding hydrogens is 399 g/mol. The summed E-state index contributed by atoms with van der Waals surface area (Å²) in [5.41, 5.74) is 3.56. The standard InChI is InChI=1S/C17H11Cl3N4O2/c18-12-6-10(7-13(19)16(12)25)8-21-23-14-9-22-24(17(26)15(14)20)11-4-2-1-3-5-11/h1-9,23,25H/b21-8-. The summed E-state index contributed by atoms with van der Waals surface area (Å²) in [5, 5.41) is 17.7. The molecule has 132 valence electrons. The van der Waals surface area contributed by atoms with Crippen LogP contribution in [0.4, 0.5) is 5.69 Å². The second-order valence-electron chi connectivity index (χ2n) is 5.13. The largest absolute Gasteiger partial charge is 0.505 e. The van der Waals surface area contributed by atoms with Gasteiger partial charge in [-0.1, -0.05) is 53.0 Å². The van der Waals surface area contributed by atoms with Crippen molar-refractivity contribution >= 4 is 46.7 Å². The van der Waals surface area contributed by atoms with E-state index in [1.54, 1.807) is 24.3 Å². The van der Waals surface area contributed by atoms with Gasteiger partial charge in [-0.15, -0.1) is 0 Å². The van der Waals surface area contributed by atoms with Gasteiger partial charge in [-0.2, -0.15) is 14.9 Å². The second kappa shape index (κ2) is 7.78. The Morgan fingerprint density at radius 3 is 2.42 bits per heavy atom. The van der Waals surface area contributed by atoms with E-state index in [1.165, 1.54) is 29.2 Å². The highest BCUT2D eigenvalue weighted by molar-refractivity contribution is 6.37. The Bertz CT molecular complexity index is 1010. The molecule has 26 heavy (non-hydrogen) atoms. The van der Waals surface area contributed by atoms with Gasteiger partial charge in [0.25, 0.3) is 5.56 Å². The third kappa shape index (κ3) is 3.83. The molecule has 0 spiro atoms. The SMILES string of the molecule is O=c1c(Cl)c(N/N=C\c2cc(Cl)c(O)c(Cl)c2)cnn1-c1ccccc1. The maximum absolute atomic E-state index is 12.4. The van der Waals surface area contributed by atoms with E-state index in [0.29, 0.717) is 11.3 Å². The average molecular weight is 410 g/mol. The van der Waals surface area contributed by atoms with Crippen molar-refractivity contribution in [3.63, 3.8) is 0 Å². The minimum absolute atomic E-state index is 0.0530. The Kier molecular flexibility index (Phi) is 5.46. The molecule has 3 aromatic rings. The van der Waals surface area contributed by atoms with Crippen molar-refractivity contribution in [1.82, 2.24) is 9.78 Å². The van der Waals surface area contributed by atoms with E-state index in [2.05, 4.69) is 15.6 Å². The molecule has 1 heterocycles. The summed E-state index contributed by atoms with van der Waals surface area (Å²) in [4.78, 5) is 12.4. The predicted octanol–water partition coefficient (Wildman–Crippen LogP) is 4.34. The second-order valence-corrected chi connectivity index (χ2v) is 6.32. The number of nitrogens with one attached hydrogen (secondary N) is 1. The number of phenolic OH excluding ortho intramolecular Hbond substituents is 1. The topological polar surface area (TPSA) is 79.5 Å². The molecule has 2 aromatic carbocycles. The number of aromatic hydroxyl groups is 1. The van der Waals surface area contributed by atoms with E-state index in [-0.39, 0.29) is 26.5 Å². The molecule has 0 bridgehead atoms.